The Morgan fingerprint density at radius 1 is 0.914 bits per heavy atom. The summed E-state index contributed by atoms with van der Waals surface area (Å²) in [7, 11) is 1.45. The molecule has 2 heterocycles. The quantitative estimate of drug-likeness (QED) is 0.375. The average Bonchev–Trinajstić information content (AvgIpc) is 2.79. The first-order valence-corrected chi connectivity index (χ1v) is 9.81. The van der Waals surface area contributed by atoms with Gasteiger partial charge in [0.2, 0.25) is 0 Å². The molecular formula is C23H15F6N3O3. The van der Waals surface area contributed by atoms with E-state index in [9.17, 15) is 31.1 Å². The normalized spacial score (nSPS) is 12.1. The minimum Gasteiger partial charge on any atom is -0.497 e. The molecule has 2 N–H and O–H groups in total. The highest BCUT2D eigenvalue weighted by atomic mass is 19.4. The number of benzene rings is 2. The molecule has 0 saturated carbocycles. The van der Waals surface area contributed by atoms with Gasteiger partial charge < -0.3 is 15.2 Å². The number of anilines is 1. The van der Waals surface area contributed by atoms with Crippen molar-refractivity contribution in [3.63, 3.8) is 0 Å². The lowest BCUT2D eigenvalue weighted by Gasteiger charge is -2.17. The Hall–Kier alpha value is -4.22. The third-order valence-electron chi connectivity index (χ3n) is 5.08. The van der Waals surface area contributed by atoms with Crippen LogP contribution in [0.1, 0.15) is 5.56 Å². The van der Waals surface area contributed by atoms with Crippen LogP contribution in [0.5, 0.6) is 11.5 Å². The van der Waals surface area contributed by atoms with Gasteiger partial charge in [0.15, 0.2) is 0 Å². The van der Waals surface area contributed by atoms with Gasteiger partial charge in [-0.15, -0.1) is 13.2 Å². The minimum absolute atomic E-state index is 0.0228. The molecule has 2 aromatic heterocycles. The van der Waals surface area contributed by atoms with Gasteiger partial charge in [-0.2, -0.15) is 13.2 Å². The molecule has 0 fully saturated rings. The Bertz CT molecular complexity index is 1440. The van der Waals surface area contributed by atoms with Crippen molar-refractivity contribution < 1.29 is 35.8 Å². The molecule has 4 rings (SSSR count). The molecule has 4 aromatic rings. The summed E-state index contributed by atoms with van der Waals surface area (Å²) in [4.78, 5) is 17.4. The molecule has 0 spiro atoms. The molecule has 0 aliphatic rings. The first-order chi connectivity index (χ1) is 16.4. The largest absolute Gasteiger partial charge is 0.573 e. The van der Waals surface area contributed by atoms with E-state index in [4.69, 9.17) is 10.5 Å². The van der Waals surface area contributed by atoms with E-state index in [2.05, 4.69) is 9.72 Å². The van der Waals surface area contributed by atoms with Crippen LogP contribution >= 0.6 is 0 Å². The number of hydrogen-bond acceptors (Lipinski definition) is 5. The molecule has 0 atom stereocenters. The van der Waals surface area contributed by atoms with Gasteiger partial charge in [0.1, 0.15) is 17.0 Å². The zero-order valence-electron chi connectivity index (χ0n) is 17.7. The topological polar surface area (TPSA) is 79.4 Å². The summed E-state index contributed by atoms with van der Waals surface area (Å²) in [5.74, 6) is -0.0832. The van der Waals surface area contributed by atoms with Crippen LogP contribution in [0.25, 0.3) is 27.8 Å². The Kier molecular flexibility index (Phi) is 5.83. The van der Waals surface area contributed by atoms with E-state index in [1.165, 1.54) is 19.2 Å². The van der Waals surface area contributed by atoms with Crippen molar-refractivity contribution in [1.29, 1.82) is 0 Å². The first-order valence-electron chi connectivity index (χ1n) is 9.81. The van der Waals surface area contributed by atoms with Crippen LogP contribution in [0.15, 0.2) is 65.6 Å². The fraction of sp³-hybridized carbons (Fsp3) is 0.130. The van der Waals surface area contributed by atoms with Crippen LogP contribution in [0, 0.1) is 0 Å². The third-order valence-corrected chi connectivity index (χ3v) is 5.08. The van der Waals surface area contributed by atoms with E-state index in [1.807, 2.05) is 0 Å². The summed E-state index contributed by atoms with van der Waals surface area (Å²) in [6.07, 6.45) is -9.12. The van der Waals surface area contributed by atoms with Crippen LogP contribution in [0.2, 0.25) is 0 Å². The number of rotatable bonds is 4. The summed E-state index contributed by atoms with van der Waals surface area (Å²) in [6, 6.07) is 11.0. The maximum absolute atomic E-state index is 13.6. The molecule has 0 amide bonds. The van der Waals surface area contributed by atoms with Crippen molar-refractivity contribution in [2.45, 2.75) is 12.5 Å². The number of alkyl halides is 6. The van der Waals surface area contributed by atoms with Crippen LogP contribution in [0.4, 0.5) is 32.0 Å². The number of halogens is 6. The number of nitrogen functional groups attached to an aromatic ring is 1. The van der Waals surface area contributed by atoms with E-state index in [0.29, 0.717) is 23.6 Å². The summed E-state index contributed by atoms with van der Waals surface area (Å²) < 4.78 is 87.5. The van der Waals surface area contributed by atoms with Crippen LogP contribution < -0.4 is 20.8 Å². The molecule has 12 heteroatoms. The summed E-state index contributed by atoms with van der Waals surface area (Å²) in [5.41, 5.74) is 3.99. The predicted octanol–water partition coefficient (Wildman–Crippen LogP) is 5.56. The summed E-state index contributed by atoms with van der Waals surface area (Å²) >= 11 is 0. The van der Waals surface area contributed by atoms with Gasteiger partial charge >= 0.3 is 12.5 Å². The van der Waals surface area contributed by atoms with E-state index in [1.54, 1.807) is 12.1 Å². The molecule has 0 radical (unpaired) electrons. The number of aromatic nitrogens is 2. The highest BCUT2D eigenvalue weighted by Crippen LogP contribution is 2.35. The molecule has 0 saturated heterocycles. The van der Waals surface area contributed by atoms with Gasteiger partial charge in [-0.3, -0.25) is 14.3 Å². The Morgan fingerprint density at radius 3 is 2.06 bits per heavy atom. The molecule has 0 bridgehead atoms. The lowest BCUT2D eigenvalue weighted by Crippen LogP contribution is -2.23. The molecule has 0 aliphatic carbocycles. The molecule has 0 unspecified atom stereocenters. The molecule has 35 heavy (non-hydrogen) atoms. The fourth-order valence-electron chi connectivity index (χ4n) is 3.53. The lowest BCUT2D eigenvalue weighted by molar-refractivity contribution is -0.274. The van der Waals surface area contributed by atoms with Crippen molar-refractivity contribution in [1.82, 2.24) is 9.55 Å². The second-order valence-corrected chi connectivity index (χ2v) is 7.29. The van der Waals surface area contributed by atoms with Gasteiger partial charge in [0.05, 0.1) is 29.4 Å². The molecule has 0 aliphatic heterocycles. The highest BCUT2D eigenvalue weighted by Gasteiger charge is 2.33. The van der Waals surface area contributed by atoms with Gasteiger partial charge in [-0.05, 0) is 48.0 Å². The summed E-state index contributed by atoms with van der Waals surface area (Å²) in [6.45, 7) is 0. The lowest BCUT2D eigenvalue weighted by atomic mass is 10.0. The minimum atomic E-state index is -4.95. The Balaban J connectivity index is 2.01. The van der Waals surface area contributed by atoms with E-state index in [0.717, 1.165) is 28.8 Å². The maximum atomic E-state index is 13.6. The number of hydrogen-bond donors (Lipinski definition) is 1. The van der Waals surface area contributed by atoms with E-state index < -0.39 is 29.4 Å². The SMILES string of the molecule is COc1ccc(-c2c(N)c3ncc(C(F)(F)F)cc3n(-c3ccc(OC(F)(F)F)cc3)c2=O)cc1. The molecule has 2 aromatic carbocycles. The Morgan fingerprint density at radius 2 is 1.51 bits per heavy atom. The number of fused-ring (bicyclic) bond motifs is 1. The van der Waals surface area contributed by atoms with Crippen molar-refractivity contribution in [3.8, 4) is 28.3 Å². The van der Waals surface area contributed by atoms with E-state index >= 15 is 0 Å². The number of nitrogens with zero attached hydrogens (tertiary/aromatic N) is 2. The standard InChI is InChI=1S/C23H15F6N3O3/c1-34-15-6-2-12(3-7-15)18-19(30)20-17(10-13(11-31-20)22(24,25)26)32(21(18)33)14-4-8-16(9-5-14)35-23(27,28)29/h2-11H,30H2,1H3. The monoisotopic (exact) mass is 495 g/mol. The number of ether oxygens (including phenoxy) is 2. The van der Waals surface area contributed by atoms with Crippen molar-refractivity contribution in [2.24, 2.45) is 0 Å². The van der Waals surface area contributed by atoms with Crippen molar-refractivity contribution in [3.05, 3.63) is 76.7 Å². The zero-order chi connectivity index (χ0) is 25.5. The second-order valence-electron chi connectivity index (χ2n) is 7.29. The zero-order valence-corrected chi connectivity index (χ0v) is 17.7. The predicted molar refractivity (Wildman–Crippen MR) is 115 cm³/mol. The van der Waals surface area contributed by atoms with Gasteiger partial charge in [0.25, 0.3) is 5.56 Å². The van der Waals surface area contributed by atoms with Gasteiger partial charge in [-0.25, -0.2) is 0 Å². The number of nitrogens with two attached hydrogens (primary N) is 1. The van der Waals surface area contributed by atoms with Crippen LogP contribution in [-0.4, -0.2) is 23.0 Å². The highest BCUT2D eigenvalue weighted by molar-refractivity contribution is 5.96. The van der Waals surface area contributed by atoms with Crippen LogP contribution in [0.3, 0.4) is 0 Å². The number of methoxy groups -OCH3 is 1. The third kappa shape index (κ3) is 4.72. The van der Waals surface area contributed by atoms with Crippen molar-refractivity contribution in [2.75, 3.05) is 12.8 Å². The van der Waals surface area contributed by atoms with Crippen LogP contribution in [-0.2, 0) is 6.18 Å². The number of pyridine rings is 2. The second kappa shape index (κ2) is 8.53. The maximum Gasteiger partial charge on any atom is 0.573 e. The van der Waals surface area contributed by atoms with Gasteiger partial charge in [0, 0.05) is 11.9 Å². The smallest absolute Gasteiger partial charge is 0.497 e. The molecule has 182 valence electrons. The van der Waals surface area contributed by atoms with Gasteiger partial charge in [-0.1, -0.05) is 12.1 Å². The fourth-order valence-corrected chi connectivity index (χ4v) is 3.53. The van der Waals surface area contributed by atoms with Crippen molar-refractivity contribution >= 4 is 16.7 Å². The average molecular weight is 495 g/mol. The molecule has 6 nitrogen and oxygen atoms in total. The molecular weight excluding hydrogens is 480 g/mol. The Labute approximate surface area is 193 Å². The van der Waals surface area contributed by atoms with E-state index in [-0.39, 0.29) is 28.0 Å². The first kappa shape index (κ1) is 23.9. The summed E-state index contributed by atoms with van der Waals surface area (Å²) in [5, 5.41) is 0.